The second-order valence-corrected chi connectivity index (χ2v) is 7.28. The molecule has 0 unspecified atom stereocenters. The van der Waals surface area contributed by atoms with Crippen molar-refractivity contribution in [3.8, 4) is 11.5 Å². The number of hydrogen-bond donors (Lipinski definition) is 2. The van der Waals surface area contributed by atoms with E-state index in [1.165, 1.54) is 37.6 Å². The van der Waals surface area contributed by atoms with Gasteiger partial charge in [-0.15, -0.1) is 0 Å². The van der Waals surface area contributed by atoms with Crippen molar-refractivity contribution < 1.29 is 18.3 Å². The molecule has 0 saturated carbocycles. The van der Waals surface area contributed by atoms with Crippen LogP contribution in [0, 0.1) is 0 Å². The molecule has 0 spiro atoms. The Morgan fingerprint density at radius 2 is 1.91 bits per heavy atom. The minimum absolute atomic E-state index is 0.0101. The number of nitrogens with one attached hydrogen (secondary N) is 1. The number of hydrazone groups is 1. The Balaban J connectivity index is 2.18. The molecule has 0 aliphatic carbocycles. The van der Waals surface area contributed by atoms with Crippen molar-refractivity contribution in [2.75, 3.05) is 7.11 Å². The fourth-order valence-corrected chi connectivity index (χ4v) is 2.92. The molecule has 0 aliphatic rings. The summed E-state index contributed by atoms with van der Waals surface area (Å²) in [5, 5.41) is 13.4. The molecule has 2 rings (SSSR count). The summed E-state index contributed by atoms with van der Waals surface area (Å²) in [4.78, 5) is 2.14. The molecule has 122 valence electrons. The first-order valence-corrected chi connectivity index (χ1v) is 8.86. The first kappa shape index (κ1) is 17.6. The number of rotatable bonds is 5. The molecule has 0 radical (unpaired) electrons. The predicted molar refractivity (Wildman–Crippen MR) is 91.7 cm³/mol. The fraction of sp³-hybridized carbons (Fsp3) is 0.0714. The molecule has 0 aliphatic heterocycles. The summed E-state index contributed by atoms with van der Waals surface area (Å²) >= 11 is 9.19. The molecule has 0 amide bonds. The van der Waals surface area contributed by atoms with Gasteiger partial charge in [-0.25, -0.2) is 4.83 Å². The number of nitrogens with zero attached hydrogens (tertiary/aromatic N) is 1. The minimum Gasteiger partial charge on any atom is -0.503 e. The van der Waals surface area contributed by atoms with E-state index in [0.717, 1.165) is 4.47 Å². The second-order valence-electron chi connectivity index (χ2n) is 4.33. The monoisotopic (exact) mass is 418 g/mol. The zero-order valence-corrected chi connectivity index (χ0v) is 15.0. The highest BCUT2D eigenvalue weighted by atomic mass is 79.9. The van der Waals surface area contributed by atoms with Crippen molar-refractivity contribution in [3.63, 3.8) is 0 Å². The number of aromatic hydroxyl groups is 1. The molecular formula is C14H12BrClN2O4S. The lowest BCUT2D eigenvalue weighted by Crippen LogP contribution is -2.18. The van der Waals surface area contributed by atoms with E-state index < -0.39 is 10.0 Å². The average molecular weight is 420 g/mol. The van der Waals surface area contributed by atoms with Gasteiger partial charge < -0.3 is 9.84 Å². The molecule has 6 nitrogen and oxygen atoms in total. The van der Waals surface area contributed by atoms with Gasteiger partial charge in [0.25, 0.3) is 10.0 Å². The molecule has 2 aromatic carbocycles. The summed E-state index contributed by atoms with van der Waals surface area (Å²) in [6.45, 7) is 0. The molecule has 0 heterocycles. The number of halogens is 2. The predicted octanol–water partition coefficient (Wildman–Crippen LogP) is 3.13. The summed E-state index contributed by atoms with van der Waals surface area (Å²) in [6.07, 6.45) is 1.19. The zero-order valence-electron chi connectivity index (χ0n) is 11.8. The third-order valence-corrected chi connectivity index (χ3v) is 4.99. The Labute approximate surface area is 146 Å². The number of methoxy groups -OCH3 is 1. The summed E-state index contributed by atoms with van der Waals surface area (Å²) in [5.74, 6) is -0.0310. The van der Waals surface area contributed by atoms with E-state index >= 15 is 0 Å². The topological polar surface area (TPSA) is 88.0 Å². The number of ether oxygens (including phenoxy) is 1. The van der Waals surface area contributed by atoms with Crippen LogP contribution >= 0.6 is 27.5 Å². The van der Waals surface area contributed by atoms with Gasteiger partial charge in [0.15, 0.2) is 11.5 Å². The van der Waals surface area contributed by atoms with E-state index in [1.807, 2.05) is 0 Å². The third-order valence-electron chi connectivity index (χ3n) is 2.83. The smallest absolute Gasteiger partial charge is 0.276 e. The summed E-state index contributed by atoms with van der Waals surface area (Å²) in [5.41, 5.74) is 0.337. The van der Waals surface area contributed by atoms with E-state index in [2.05, 4.69) is 25.9 Å². The summed E-state index contributed by atoms with van der Waals surface area (Å²) < 4.78 is 29.8. The van der Waals surface area contributed by atoms with Gasteiger partial charge >= 0.3 is 0 Å². The summed E-state index contributed by atoms with van der Waals surface area (Å²) in [7, 11) is -2.39. The van der Waals surface area contributed by atoms with Crippen molar-refractivity contribution in [2.45, 2.75) is 4.90 Å². The molecule has 2 aromatic rings. The molecule has 9 heteroatoms. The van der Waals surface area contributed by atoms with E-state index in [-0.39, 0.29) is 21.4 Å². The molecule has 2 N–H and O–H groups in total. The Kier molecular flexibility index (Phi) is 5.51. The van der Waals surface area contributed by atoms with Gasteiger partial charge in [-0.3, -0.25) is 0 Å². The average Bonchev–Trinajstić information content (AvgIpc) is 2.52. The van der Waals surface area contributed by atoms with E-state index in [1.54, 1.807) is 12.1 Å². The highest BCUT2D eigenvalue weighted by Gasteiger charge is 2.13. The van der Waals surface area contributed by atoms with Gasteiger partial charge in [0.1, 0.15) is 0 Å². The van der Waals surface area contributed by atoms with Gasteiger partial charge in [-0.2, -0.15) is 13.5 Å². The van der Waals surface area contributed by atoms with Gasteiger partial charge in [0.2, 0.25) is 0 Å². The van der Waals surface area contributed by atoms with Crippen LogP contribution in [0.4, 0.5) is 0 Å². The number of benzene rings is 2. The maximum Gasteiger partial charge on any atom is 0.276 e. The van der Waals surface area contributed by atoms with E-state index in [0.29, 0.717) is 5.56 Å². The van der Waals surface area contributed by atoms with Crippen LogP contribution in [0.15, 0.2) is 50.9 Å². The third kappa shape index (κ3) is 4.15. The van der Waals surface area contributed by atoms with Crippen LogP contribution in [-0.2, 0) is 10.0 Å². The number of phenols is 1. The van der Waals surface area contributed by atoms with Gasteiger partial charge in [-0.1, -0.05) is 27.5 Å². The fourth-order valence-electron chi connectivity index (χ4n) is 1.66. The van der Waals surface area contributed by atoms with Crippen molar-refractivity contribution in [1.29, 1.82) is 0 Å². The molecule has 0 atom stereocenters. The highest BCUT2D eigenvalue weighted by Crippen LogP contribution is 2.35. The number of phenolic OH excluding ortho intramolecular Hbond substituents is 1. The number of sulfonamides is 1. The van der Waals surface area contributed by atoms with Crippen LogP contribution in [0.3, 0.4) is 0 Å². The van der Waals surface area contributed by atoms with Crippen LogP contribution in [0.5, 0.6) is 11.5 Å². The van der Waals surface area contributed by atoms with Crippen molar-refractivity contribution >= 4 is 43.8 Å². The zero-order chi connectivity index (χ0) is 17.0. The molecule has 0 aromatic heterocycles. The Hall–Kier alpha value is -1.77. The van der Waals surface area contributed by atoms with Crippen LogP contribution < -0.4 is 9.57 Å². The maximum atomic E-state index is 12.0. The molecule has 0 bridgehead atoms. The van der Waals surface area contributed by atoms with Crippen LogP contribution in [-0.4, -0.2) is 26.8 Å². The van der Waals surface area contributed by atoms with Crippen molar-refractivity contribution in [1.82, 2.24) is 4.83 Å². The van der Waals surface area contributed by atoms with Crippen LogP contribution in [0.1, 0.15) is 5.56 Å². The SMILES string of the molecule is COc1ccc(/C=N/NS(=O)(=O)c2ccc(Br)cc2)c(Cl)c1O. The van der Waals surface area contributed by atoms with Gasteiger partial charge in [0, 0.05) is 10.0 Å². The van der Waals surface area contributed by atoms with Gasteiger partial charge in [-0.05, 0) is 36.4 Å². The lowest BCUT2D eigenvalue weighted by molar-refractivity contribution is 0.373. The Bertz CT molecular complexity index is 839. The summed E-state index contributed by atoms with van der Waals surface area (Å²) in [6, 6.07) is 9.12. The lowest BCUT2D eigenvalue weighted by atomic mass is 10.2. The largest absolute Gasteiger partial charge is 0.503 e. The quantitative estimate of drug-likeness (QED) is 0.576. The molecule has 23 heavy (non-hydrogen) atoms. The minimum atomic E-state index is -3.78. The number of hydrogen-bond acceptors (Lipinski definition) is 5. The Morgan fingerprint density at radius 3 is 2.52 bits per heavy atom. The van der Waals surface area contributed by atoms with Crippen LogP contribution in [0.25, 0.3) is 0 Å². The normalized spacial score (nSPS) is 11.6. The standard InChI is InChI=1S/C14H12BrClN2O4S/c1-22-12-7-2-9(13(16)14(12)19)8-17-18-23(20,21)11-5-3-10(15)4-6-11/h2-8,18-19H,1H3/b17-8+. The van der Waals surface area contributed by atoms with E-state index in [4.69, 9.17) is 16.3 Å². The maximum absolute atomic E-state index is 12.0. The molecular weight excluding hydrogens is 408 g/mol. The first-order valence-electron chi connectivity index (χ1n) is 6.21. The lowest BCUT2D eigenvalue weighted by Gasteiger charge is -2.07. The molecule has 0 saturated heterocycles. The molecule has 0 fully saturated rings. The van der Waals surface area contributed by atoms with Crippen molar-refractivity contribution in [2.24, 2.45) is 5.10 Å². The second kappa shape index (κ2) is 7.20. The Morgan fingerprint density at radius 1 is 1.26 bits per heavy atom. The van der Waals surface area contributed by atoms with Gasteiger partial charge in [0.05, 0.1) is 23.2 Å². The highest BCUT2D eigenvalue weighted by molar-refractivity contribution is 9.10. The van der Waals surface area contributed by atoms with Crippen LogP contribution in [0.2, 0.25) is 5.02 Å². The first-order chi connectivity index (χ1) is 10.8. The van der Waals surface area contributed by atoms with E-state index in [9.17, 15) is 13.5 Å². The van der Waals surface area contributed by atoms with Crippen molar-refractivity contribution in [3.05, 3.63) is 51.5 Å².